The van der Waals surface area contributed by atoms with Crippen molar-refractivity contribution in [3.8, 4) is 0 Å². The number of nitrogens with one attached hydrogen (secondary N) is 1. The summed E-state index contributed by atoms with van der Waals surface area (Å²) in [6.07, 6.45) is 1.41. The zero-order valence-corrected chi connectivity index (χ0v) is 17.3. The summed E-state index contributed by atoms with van der Waals surface area (Å²) in [6.45, 7) is 4.78. The maximum Gasteiger partial charge on any atom is 0.220 e. The molecule has 0 bridgehead atoms. The minimum Gasteiger partial charge on any atom is -0.359 e. The van der Waals surface area contributed by atoms with Gasteiger partial charge in [0, 0.05) is 55.6 Å². The van der Waals surface area contributed by atoms with Gasteiger partial charge in [0.2, 0.25) is 5.91 Å². The monoisotopic (exact) mass is 393 g/mol. The highest BCUT2D eigenvalue weighted by molar-refractivity contribution is 5.86. The summed E-state index contributed by atoms with van der Waals surface area (Å²) in [5.41, 5.74) is 6.24. The van der Waals surface area contributed by atoms with Crippen LogP contribution in [0.4, 0.5) is 4.39 Å². The number of halogens is 1. The normalized spacial score (nSPS) is 15.3. The third-order valence-electron chi connectivity index (χ3n) is 6.06. The molecule has 1 aliphatic heterocycles. The first-order valence-electron chi connectivity index (χ1n) is 10.2. The van der Waals surface area contributed by atoms with Gasteiger partial charge in [-0.15, -0.1) is 0 Å². The van der Waals surface area contributed by atoms with Gasteiger partial charge >= 0.3 is 0 Å². The quantitative estimate of drug-likeness (QED) is 0.712. The molecule has 3 aromatic rings. The van der Waals surface area contributed by atoms with Gasteiger partial charge < -0.3 is 14.8 Å². The van der Waals surface area contributed by atoms with Gasteiger partial charge in [0.1, 0.15) is 5.82 Å². The maximum atomic E-state index is 13.5. The van der Waals surface area contributed by atoms with Crippen LogP contribution in [-0.4, -0.2) is 36.0 Å². The SMILES string of the molecule is CNC(=O)CC(Cn1c2c(c3cc(C)ccc31)CCN(C)C2)c1ccc(F)cc1. The predicted octanol–water partition coefficient (Wildman–Crippen LogP) is 4.00. The molecule has 152 valence electrons. The average molecular weight is 394 g/mol. The van der Waals surface area contributed by atoms with Gasteiger partial charge in [-0.2, -0.15) is 0 Å². The molecule has 0 radical (unpaired) electrons. The summed E-state index contributed by atoms with van der Waals surface area (Å²) in [7, 11) is 3.81. The molecule has 1 N–H and O–H groups in total. The first kappa shape index (κ1) is 19.6. The first-order chi connectivity index (χ1) is 14.0. The number of benzene rings is 2. The second kappa shape index (κ2) is 7.99. The molecule has 0 aliphatic carbocycles. The van der Waals surface area contributed by atoms with Crippen LogP contribution in [0.2, 0.25) is 0 Å². The molecule has 0 spiro atoms. The van der Waals surface area contributed by atoms with Crippen molar-refractivity contribution in [2.24, 2.45) is 0 Å². The summed E-state index contributed by atoms with van der Waals surface area (Å²) in [5, 5.41) is 4.06. The van der Waals surface area contributed by atoms with Crippen molar-refractivity contribution in [1.29, 1.82) is 0 Å². The number of likely N-dealkylation sites (N-methyl/N-ethyl adjacent to an activating group) is 1. The molecule has 1 atom stereocenters. The number of carbonyl (C=O) groups is 1. The summed E-state index contributed by atoms with van der Waals surface area (Å²) >= 11 is 0. The minimum atomic E-state index is -0.256. The molecule has 1 unspecified atom stereocenters. The second-order valence-corrected chi connectivity index (χ2v) is 8.17. The van der Waals surface area contributed by atoms with E-state index in [4.69, 9.17) is 0 Å². The Morgan fingerprint density at radius 3 is 2.69 bits per heavy atom. The number of nitrogens with zero attached hydrogens (tertiary/aromatic N) is 2. The smallest absolute Gasteiger partial charge is 0.220 e. The van der Waals surface area contributed by atoms with Gasteiger partial charge in [-0.25, -0.2) is 4.39 Å². The van der Waals surface area contributed by atoms with Crippen LogP contribution in [-0.2, 0) is 24.3 Å². The Hall–Kier alpha value is -2.66. The van der Waals surface area contributed by atoms with Gasteiger partial charge in [-0.3, -0.25) is 4.79 Å². The van der Waals surface area contributed by atoms with Crippen LogP contribution >= 0.6 is 0 Å². The molecule has 0 saturated carbocycles. The lowest BCUT2D eigenvalue weighted by atomic mass is 9.94. The van der Waals surface area contributed by atoms with Crippen molar-refractivity contribution in [1.82, 2.24) is 14.8 Å². The van der Waals surface area contributed by atoms with Crippen LogP contribution in [0.25, 0.3) is 10.9 Å². The van der Waals surface area contributed by atoms with E-state index in [1.807, 2.05) is 0 Å². The van der Waals surface area contributed by atoms with Crippen LogP contribution in [0.15, 0.2) is 42.5 Å². The number of aromatic nitrogens is 1. The van der Waals surface area contributed by atoms with E-state index in [1.165, 1.54) is 39.9 Å². The summed E-state index contributed by atoms with van der Waals surface area (Å²) < 4.78 is 15.9. The Bertz CT molecular complexity index is 1040. The summed E-state index contributed by atoms with van der Waals surface area (Å²) in [4.78, 5) is 14.6. The Morgan fingerprint density at radius 2 is 1.97 bits per heavy atom. The van der Waals surface area contributed by atoms with Crippen LogP contribution in [0, 0.1) is 12.7 Å². The molecule has 1 amide bonds. The van der Waals surface area contributed by atoms with Gasteiger partial charge in [0.15, 0.2) is 0 Å². The van der Waals surface area contributed by atoms with Gasteiger partial charge in [-0.1, -0.05) is 23.8 Å². The molecule has 1 aliphatic rings. The van der Waals surface area contributed by atoms with Crippen LogP contribution in [0.3, 0.4) is 0 Å². The fraction of sp³-hybridized carbons (Fsp3) is 0.375. The third-order valence-corrected chi connectivity index (χ3v) is 6.06. The van der Waals surface area contributed by atoms with E-state index in [1.54, 1.807) is 19.2 Å². The molecule has 1 aromatic heterocycles. The van der Waals surface area contributed by atoms with E-state index in [2.05, 4.69) is 47.0 Å². The molecule has 0 fully saturated rings. The van der Waals surface area contributed by atoms with E-state index >= 15 is 0 Å². The van der Waals surface area contributed by atoms with E-state index in [9.17, 15) is 9.18 Å². The average Bonchev–Trinajstić information content (AvgIpc) is 3.00. The van der Waals surface area contributed by atoms with Crippen molar-refractivity contribution in [2.45, 2.75) is 38.8 Å². The lowest BCUT2D eigenvalue weighted by molar-refractivity contribution is -0.121. The van der Waals surface area contributed by atoms with E-state index in [0.717, 1.165) is 25.1 Å². The van der Waals surface area contributed by atoms with Crippen LogP contribution in [0.5, 0.6) is 0 Å². The van der Waals surface area contributed by atoms with E-state index < -0.39 is 0 Å². The molecule has 5 heteroatoms. The number of fused-ring (bicyclic) bond motifs is 3. The molecular weight excluding hydrogens is 365 g/mol. The second-order valence-electron chi connectivity index (χ2n) is 8.17. The zero-order valence-electron chi connectivity index (χ0n) is 17.3. The Balaban J connectivity index is 1.80. The number of carbonyl (C=O) groups excluding carboxylic acids is 1. The fourth-order valence-corrected chi connectivity index (χ4v) is 4.47. The highest BCUT2D eigenvalue weighted by atomic mass is 19.1. The maximum absolute atomic E-state index is 13.5. The first-order valence-corrected chi connectivity index (χ1v) is 10.2. The lowest BCUT2D eigenvalue weighted by Crippen LogP contribution is -2.29. The van der Waals surface area contributed by atoms with E-state index in [0.29, 0.717) is 13.0 Å². The highest BCUT2D eigenvalue weighted by Crippen LogP contribution is 2.34. The Morgan fingerprint density at radius 1 is 1.21 bits per heavy atom. The molecular formula is C24H28FN3O. The molecule has 4 rings (SSSR count). The minimum absolute atomic E-state index is 0.00221. The van der Waals surface area contributed by atoms with Crippen molar-refractivity contribution in [3.05, 3.63) is 70.7 Å². The standard InChI is InChI=1S/C24H28FN3O/c1-16-4-9-22-21(12-16)20-10-11-27(3)15-23(20)28(22)14-18(13-24(29)26-2)17-5-7-19(25)8-6-17/h4-9,12,18H,10-11,13-15H2,1-3H3,(H,26,29). The van der Waals surface area contributed by atoms with Crippen LogP contribution < -0.4 is 5.32 Å². The number of rotatable bonds is 5. The number of amides is 1. The Labute approximate surface area is 171 Å². The topological polar surface area (TPSA) is 37.3 Å². The van der Waals surface area contributed by atoms with E-state index in [-0.39, 0.29) is 17.6 Å². The molecule has 29 heavy (non-hydrogen) atoms. The number of hydrogen-bond donors (Lipinski definition) is 1. The lowest BCUT2D eigenvalue weighted by Gasteiger charge is -2.26. The molecule has 0 saturated heterocycles. The van der Waals surface area contributed by atoms with Gasteiger partial charge in [0.25, 0.3) is 0 Å². The largest absolute Gasteiger partial charge is 0.359 e. The molecule has 4 nitrogen and oxygen atoms in total. The predicted molar refractivity (Wildman–Crippen MR) is 115 cm³/mol. The van der Waals surface area contributed by atoms with Crippen molar-refractivity contribution in [3.63, 3.8) is 0 Å². The van der Waals surface area contributed by atoms with Crippen molar-refractivity contribution in [2.75, 3.05) is 20.6 Å². The zero-order chi connectivity index (χ0) is 20.5. The summed E-state index contributed by atoms with van der Waals surface area (Å²) in [6, 6.07) is 13.2. The third kappa shape index (κ3) is 3.92. The Kier molecular flexibility index (Phi) is 5.41. The number of hydrogen-bond acceptors (Lipinski definition) is 2. The van der Waals surface area contributed by atoms with Gasteiger partial charge in [0.05, 0.1) is 0 Å². The van der Waals surface area contributed by atoms with Gasteiger partial charge in [-0.05, 0) is 55.8 Å². The van der Waals surface area contributed by atoms with Crippen LogP contribution in [0.1, 0.15) is 34.7 Å². The molecule has 2 aromatic carbocycles. The highest BCUT2D eigenvalue weighted by Gasteiger charge is 2.25. The van der Waals surface area contributed by atoms with Crippen molar-refractivity contribution >= 4 is 16.8 Å². The fourth-order valence-electron chi connectivity index (χ4n) is 4.47. The molecule has 2 heterocycles. The summed E-state index contributed by atoms with van der Waals surface area (Å²) in [5.74, 6) is -0.283. The van der Waals surface area contributed by atoms with Crippen molar-refractivity contribution < 1.29 is 9.18 Å². The number of aryl methyl sites for hydroxylation is 1.